The summed E-state index contributed by atoms with van der Waals surface area (Å²) in [4.78, 5) is 13.5. The molecule has 2 atom stereocenters. The van der Waals surface area contributed by atoms with E-state index in [1.165, 1.54) is 0 Å². The van der Waals surface area contributed by atoms with Crippen LogP contribution in [0.2, 0.25) is 0 Å². The lowest BCUT2D eigenvalue weighted by Gasteiger charge is -2.34. The predicted octanol–water partition coefficient (Wildman–Crippen LogP) is 1.28. The van der Waals surface area contributed by atoms with Crippen LogP contribution >= 0.6 is 0 Å². The Morgan fingerprint density at radius 2 is 2.20 bits per heavy atom. The lowest BCUT2D eigenvalue weighted by atomic mass is 9.97. The van der Waals surface area contributed by atoms with Gasteiger partial charge in [0.2, 0.25) is 5.91 Å². The smallest absolute Gasteiger partial charge is 0.223 e. The zero-order valence-electron chi connectivity index (χ0n) is 9.69. The lowest BCUT2D eigenvalue weighted by molar-refractivity contribution is -0.132. The summed E-state index contributed by atoms with van der Waals surface area (Å²) in [5, 5.41) is 0. The fraction of sp³-hybridized carbons (Fsp3) is 0.750. The molecule has 0 spiro atoms. The molecule has 0 bridgehead atoms. The van der Waals surface area contributed by atoms with Crippen molar-refractivity contribution in [3.8, 4) is 12.3 Å². The number of hydrogen-bond donors (Lipinski definition) is 0. The lowest BCUT2D eigenvalue weighted by Crippen LogP contribution is -2.47. The van der Waals surface area contributed by atoms with E-state index in [2.05, 4.69) is 19.8 Å². The molecule has 0 aromatic rings. The van der Waals surface area contributed by atoms with Gasteiger partial charge in [0.15, 0.2) is 0 Å². The molecule has 1 saturated heterocycles. The monoisotopic (exact) mass is 209 g/mol. The fourth-order valence-corrected chi connectivity index (χ4v) is 2.16. The van der Waals surface area contributed by atoms with Gasteiger partial charge in [-0.25, -0.2) is 0 Å². The first-order valence-corrected chi connectivity index (χ1v) is 5.40. The molecule has 15 heavy (non-hydrogen) atoms. The van der Waals surface area contributed by atoms with Crippen LogP contribution in [0.25, 0.3) is 0 Å². The largest absolute Gasteiger partial charge is 0.367 e. The maximum absolute atomic E-state index is 11.7. The van der Waals surface area contributed by atoms with Gasteiger partial charge in [0, 0.05) is 20.1 Å². The first kappa shape index (κ1) is 12.1. The maximum Gasteiger partial charge on any atom is 0.223 e. The molecule has 0 aromatic heterocycles. The zero-order chi connectivity index (χ0) is 11.4. The number of terminal acetylenes is 1. The van der Waals surface area contributed by atoms with Gasteiger partial charge < -0.3 is 9.64 Å². The van der Waals surface area contributed by atoms with Crippen molar-refractivity contribution in [2.24, 2.45) is 5.92 Å². The third-order valence-corrected chi connectivity index (χ3v) is 2.88. The number of likely N-dealkylation sites (tertiary alicyclic amines) is 1. The van der Waals surface area contributed by atoms with Crippen LogP contribution in [-0.4, -0.2) is 36.6 Å². The van der Waals surface area contributed by atoms with Gasteiger partial charge in [-0.15, -0.1) is 6.42 Å². The van der Waals surface area contributed by atoms with E-state index in [0.29, 0.717) is 12.3 Å². The second-order valence-electron chi connectivity index (χ2n) is 4.25. The van der Waals surface area contributed by atoms with Crippen molar-refractivity contribution < 1.29 is 9.53 Å². The number of nitrogens with zero attached hydrogens (tertiary/aromatic N) is 1. The number of rotatable bonds is 4. The first-order valence-electron chi connectivity index (χ1n) is 5.40. The number of methoxy groups -OCH3 is 1. The molecular weight excluding hydrogens is 190 g/mol. The number of carbonyl (C=O) groups excluding carboxylic acids is 1. The molecule has 0 saturated carbocycles. The molecule has 3 nitrogen and oxygen atoms in total. The van der Waals surface area contributed by atoms with E-state index in [4.69, 9.17) is 11.2 Å². The topological polar surface area (TPSA) is 29.5 Å². The summed E-state index contributed by atoms with van der Waals surface area (Å²) < 4.78 is 5.25. The number of ether oxygens (including phenoxy) is 1. The normalized spacial score (nSPS) is 20.5. The van der Waals surface area contributed by atoms with E-state index in [1.54, 1.807) is 7.11 Å². The summed E-state index contributed by atoms with van der Waals surface area (Å²) in [6, 6.07) is 0.00926. The van der Waals surface area contributed by atoms with Crippen LogP contribution in [0.15, 0.2) is 0 Å². The van der Waals surface area contributed by atoms with Crippen molar-refractivity contribution >= 4 is 5.91 Å². The van der Waals surface area contributed by atoms with Crippen molar-refractivity contribution in [1.29, 1.82) is 0 Å². The molecule has 1 aliphatic heterocycles. The fourth-order valence-electron chi connectivity index (χ4n) is 2.16. The van der Waals surface area contributed by atoms with Gasteiger partial charge in [0.05, 0.1) is 6.04 Å². The van der Waals surface area contributed by atoms with Crippen LogP contribution in [0.3, 0.4) is 0 Å². The van der Waals surface area contributed by atoms with Crippen LogP contribution in [0, 0.1) is 18.3 Å². The first-order chi connectivity index (χ1) is 7.11. The number of amides is 1. The Morgan fingerprint density at radius 3 is 2.53 bits per heavy atom. The van der Waals surface area contributed by atoms with Crippen LogP contribution < -0.4 is 0 Å². The van der Waals surface area contributed by atoms with E-state index in [9.17, 15) is 4.79 Å². The van der Waals surface area contributed by atoms with Crippen molar-refractivity contribution in [1.82, 2.24) is 4.90 Å². The molecule has 1 rings (SSSR count). The highest BCUT2D eigenvalue weighted by atomic mass is 16.5. The van der Waals surface area contributed by atoms with E-state index in [0.717, 1.165) is 13.0 Å². The second kappa shape index (κ2) is 5.18. The van der Waals surface area contributed by atoms with Crippen molar-refractivity contribution in [2.45, 2.75) is 38.8 Å². The predicted molar refractivity (Wildman–Crippen MR) is 59.2 cm³/mol. The van der Waals surface area contributed by atoms with Gasteiger partial charge in [-0.05, 0) is 12.3 Å². The summed E-state index contributed by atoms with van der Waals surface area (Å²) in [6.45, 7) is 4.95. The standard InChI is InChI=1S/C12H19NO2/c1-5-10(15-4)12(9(2)3)13-8-6-7-11(13)14/h1,9-10,12H,6-8H2,2-4H3/t10-,12+/m0/s1. The molecule has 0 aliphatic carbocycles. The Bertz CT molecular complexity index is 267. The second-order valence-corrected chi connectivity index (χ2v) is 4.25. The van der Waals surface area contributed by atoms with Crippen LogP contribution in [0.5, 0.6) is 0 Å². The minimum Gasteiger partial charge on any atom is -0.367 e. The Balaban J connectivity index is 2.82. The van der Waals surface area contributed by atoms with Crippen molar-refractivity contribution in [3.63, 3.8) is 0 Å². The van der Waals surface area contributed by atoms with Gasteiger partial charge >= 0.3 is 0 Å². The molecule has 1 aliphatic rings. The Labute approximate surface area is 91.8 Å². The summed E-state index contributed by atoms with van der Waals surface area (Å²) in [6.07, 6.45) is 6.70. The van der Waals surface area contributed by atoms with Gasteiger partial charge in [-0.1, -0.05) is 19.8 Å². The quantitative estimate of drug-likeness (QED) is 0.653. The minimum absolute atomic E-state index is 0.00926. The maximum atomic E-state index is 11.7. The Hall–Kier alpha value is -1.01. The molecule has 1 amide bonds. The number of carbonyl (C=O) groups is 1. The van der Waals surface area contributed by atoms with Gasteiger partial charge in [0.25, 0.3) is 0 Å². The molecule has 0 radical (unpaired) electrons. The average Bonchev–Trinajstić information content (AvgIpc) is 2.60. The van der Waals surface area contributed by atoms with E-state index in [-0.39, 0.29) is 18.1 Å². The van der Waals surface area contributed by atoms with E-state index >= 15 is 0 Å². The molecular formula is C12H19NO2. The van der Waals surface area contributed by atoms with Gasteiger partial charge in [-0.2, -0.15) is 0 Å². The minimum atomic E-state index is -0.299. The summed E-state index contributed by atoms with van der Waals surface area (Å²) in [7, 11) is 1.60. The number of hydrogen-bond acceptors (Lipinski definition) is 2. The summed E-state index contributed by atoms with van der Waals surface area (Å²) >= 11 is 0. The van der Waals surface area contributed by atoms with Crippen LogP contribution in [0.1, 0.15) is 26.7 Å². The van der Waals surface area contributed by atoms with E-state index < -0.39 is 0 Å². The molecule has 0 unspecified atom stereocenters. The summed E-state index contributed by atoms with van der Waals surface area (Å²) in [5.41, 5.74) is 0. The van der Waals surface area contributed by atoms with E-state index in [1.807, 2.05) is 4.90 Å². The van der Waals surface area contributed by atoms with Crippen molar-refractivity contribution in [2.75, 3.05) is 13.7 Å². The zero-order valence-corrected chi connectivity index (χ0v) is 9.69. The molecule has 3 heteroatoms. The molecule has 84 valence electrons. The SMILES string of the molecule is C#C[C@H](OC)[C@@H](C(C)C)N1CCCC1=O. The molecule has 0 aromatic carbocycles. The summed E-state index contributed by atoms with van der Waals surface area (Å²) in [5.74, 6) is 3.13. The average molecular weight is 209 g/mol. The highest BCUT2D eigenvalue weighted by molar-refractivity contribution is 5.78. The van der Waals surface area contributed by atoms with Crippen molar-refractivity contribution in [3.05, 3.63) is 0 Å². The third-order valence-electron chi connectivity index (χ3n) is 2.88. The van der Waals surface area contributed by atoms with Gasteiger partial charge in [0.1, 0.15) is 6.10 Å². The molecule has 1 fully saturated rings. The highest BCUT2D eigenvalue weighted by Crippen LogP contribution is 2.22. The Kier molecular flexibility index (Phi) is 4.16. The highest BCUT2D eigenvalue weighted by Gasteiger charge is 2.34. The Morgan fingerprint density at radius 1 is 1.53 bits per heavy atom. The molecule has 0 N–H and O–H groups in total. The third kappa shape index (κ3) is 2.51. The van der Waals surface area contributed by atoms with Crippen LogP contribution in [0.4, 0.5) is 0 Å². The molecule has 1 heterocycles. The van der Waals surface area contributed by atoms with Crippen LogP contribution in [-0.2, 0) is 9.53 Å². The van der Waals surface area contributed by atoms with Gasteiger partial charge in [-0.3, -0.25) is 4.79 Å².